The second-order valence-corrected chi connectivity index (χ2v) is 3.49. The van der Waals surface area contributed by atoms with E-state index in [2.05, 4.69) is 0 Å². The van der Waals surface area contributed by atoms with Crippen LogP contribution in [0.2, 0.25) is 0 Å². The van der Waals surface area contributed by atoms with Crippen LogP contribution in [0.15, 0.2) is 24.3 Å². The molecule has 0 aliphatic rings. The highest BCUT2D eigenvalue weighted by Crippen LogP contribution is 2.30. The van der Waals surface area contributed by atoms with Crippen molar-refractivity contribution in [2.75, 3.05) is 20.8 Å². The first-order valence-electron chi connectivity index (χ1n) is 5.73. The molecule has 1 aromatic carbocycles. The van der Waals surface area contributed by atoms with Gasteiger partial charge in [-0.05, 0) is 31.5 Å². The monoisotopic (exact) mass is 250 g/mol. The zero-order chi connectivity index (χ0) is 13.5. The average Bonchev–Trinajstić information content (AvgIpc) is 2.39. The molecule has 0 fully saturated rings. The number of carbonyl (C=O) groups excluding carboxylic acids is 1. The predicted octanol–water partition coefficient (Wildman–Crippen LogP) is 2.67. The third kappa shape index (κ3) is 3.03. The molecule has 0 spiro atoms. The Kier molecular flexibility index (Phi) is 5.24. The van der Waals surface area contributed by atoms with Crippen LogP contribution in [0, 0.1) is 0 Å². The van der Waals surface area contributed by atoms with Crippen LogP contribution in [0.25, 0.3) is 5.57 Å². The second kappa shape index (κ2) is 6.69. The molecule has 0 bridgehead atoms. The molecule has 0 radical (unpaired) electrons. The van der Waals surface area contributed by atoms with E-state index in [1.807, 2.05) is 0 Å². The molecule has 0 aliphatic carbocycles. The van der Waals surface area contributed by atoms with E-state index in [4.69, 9.17) is 14.2 Å². The third-order valence-electron chi connectivity index (χ3n) is 2.48. The number of rotatable bonds is 5. The molecule has 0 unspecified atom stereocenters. The Morgan fingerprint density at radius 3 is 2.39 bits per heavy atom. The van der Waals surface area contributed by atoms with Crippen LogP contribution in [0.1, 0.15) is 19.4 Å². The van der Waals surface area contributed by atoms with Gasteiger partial charge in [-0.25, -0.2) is 4.79 Å². The lowest BCUT2D eigenvalue weighted by Gasteiger charge is -2.11. The van der Waals surface area contributed by atoms with E-state index in [1.165, 1.54) is 0 Å². The van der Waals surface area contributed by atoms with Crippen LogP contribution in [-0.4, -0.2) is 26.8 Å². The zero-order valence-corrected chi connectivity index (χ0v) is 11.1. The highest BCUT2D eigenvalue weighted by Gasteiger charge is 2.14. The highest BCUT2D eigenvalue weighted by molar-refractivity contribution is 6.16. The van der Waals surface area contributed by atoms with Gasteiger partial charge >= 0.3 is 5.97 Å². The molecule has 1 aromatic rings. The van der Waals surface area contributed by atoms with Gasteiger partial charge in [-0.15, -0.1) is 0 Å². The number of carbonyl (C=O) groups is 1. The van der Waals surface area contributed by atoms with Crippen molar-refractivity contribution in [2.24, 2.45) is 0 Å². The maximum absolute atomic E-state index is 11.8. The average molecular weight is 250 g/mol. The van der Waals surface area contributed by atoms with Crippen molar-refractivity contribution >= 4 is 11.5 Å². The van der Waals surface area contributed by atoms with Crippen molar-refractivity contribution in [3.63, 3.8) is 0 Å². The predicted molar refractivity (Wildman–Crippen MR) is 69.8 cm³/mol. The van der Waals surface area contributed by atoms with Crippen molar-refractivity contribution in [3.8, 4) is 11.5 Å². The standard InChI is InChI=1S/C14H18O4/c1-5-11(14(15)18-6-2)10-7-8-12(16-3)13(9-10)17-4/h5,7-9H,6H2,1-4H3/b11-5+. The fraction of sp³-hybridized carbons (Fsp3) is 0.357. The second-order valence-electron chi connectivity index (χ2n) is 3.49. The van der Waals surface area contributed by atoms with Crippen molar-refractivity contribution in [1.82, 2.24) is 0 Å². The van der Waals surface area contributed by atoms with Crippen molar-refractivity contribution < 1.29 is 19.0 Å². The molecule has 1 rings (SSSR count). The Morgan fingerprint density at radius 1 is 1.22 bits per heavy atom. The summed E-state index contributed by atoms with van der Waals surface area (Å²) >= 11 is 0. The van der Waals surface area contributed by atoms with E-state index in [0.717, 1.165) is 5.56 Å². The lowest BCUT2D eigenvalue weighted by Crippen LogP contribution is -2.07. The van der Waals surface area contributed by atoms with E-state index in [0.29, 0.717) is 23.7 Å². The molecular weight excluding hydrogens is 232 g/mol. The molecule has 4 nitrogen and oxygen atoms in total. The fourth-order valence-electron chi connectivity index (χ4n) is 1.61. The summed E-state index contributed by atoms with van der Waals surface area (Å²) in [6.07, 6.45) is 1.72. The van der Waals surface area contributed by atoms with Gasteiger partial charge in [0.1, 0.15) is 0 Å². The number of allylic oxidation sites excluding steroid dienone is 1. The van der Waals surface area contributed by atoms with Gasteiger partial charge in [0.25, 0.3) is 0 Å². The smallest absolute Gasteiger partial charge is 0.338 e. The first kappa shape index (κ1) is 14.1. The highest BCUT2D eigenvalue weighted by atomic mass is 16.5. The number of hydrogen-bond acceptors (Lipinski definition) is 4. The Hall–Kier alpha value is -1.97. The van der Waals surface area contributed by atoms with Gasteiger partial charge in [-0.3, -0.25) is 0 Å². The van der Waals surface area contributed by atoms with E-state index in [1.54, 1.807) is 52.3 Å². The van der Waals surface area contributed by atoms with Crippen LogP contribution in [0.4, 0.5) is 0 Å². The quantitative estimate of drug-likeness (QED) is 0.595. The molecule has 0 amide bonds. The molecule has 18 heavy (non-hydrogen) atoms. The minimum atomic E-state index is -0.341. The molecular formula is C14H18O4. The van der Waals surface area contributed by atoms with Gasteiger partial charge in [0.2, 0.25) is 0 Å². The zero-order valence-electron chi connectivity index (χ0n) is 11.1. The number of ether oxygens (including phenoxy) is 3. The first-order valence-corrected chi connectivity index (χ1v) is 5.73. The number of benzene rings is 1. The van der Waals surface area contributed by atoms with Crippen LogP contribution in [0.3, 0.4) is 0 Å². The van der Waals surface area contributed by atoms with Gasteiger partial charge in [-0.2, -0.15) is 0 Å². The summed E-state index contributed by atoms with van der Waals surface area (Å²) in [6, 6.07) is 5.32. The summed E-state index contributed by atoms with van der Waals surface area (Å²) in [5.74, 6) is 0.867. The molecule has 0 atom stereocenters. The summed E-state index contributed by atoms with van der Waals surface area (Å²) in [5, 5.41) is 0. The summed E-state index contributed by atoms with van der Waals surface area (Å²) < 4.78 is 15.4. The number of methoxy groups -OCH3 is 2. The Morgan fingerprint density at radius 2 is 1.89 bits per heavy atom. The van der Waals surface area contributed by atoms with Gasteiger partial charge < -0.3 is 14.2 Å². The maximum atomic E-state index is 11.8. The molecule has 0 saturated carbocycles. The lowest BCUT2D eigenvalue weighted by atomic mass is 10.1. The number of hydrogen-bond donors (Lipinski definition) is 0. The number of esters is 1. The maximum Gasteiger partial charge on any atom is 0.338 e. The Balaban J connectivity index is 3.12. The van der Waals surface area contributed by atoms with Crippen LogP contribution in [0.5, 0.6) is 11.5 Å². The fourth-order valence-corrected chi connectivity index (χ4v) is 1.61. The van der Waals surface area contributed by atoms with Crippen LogP contribution in [-0.2, 0) is 9.53 Å². The largest absolute Gasteiger partial charge is 0.493 e. The molecule has 0 heterocycles. The molecule has 98 valence electrons. The van der Waals surface area contributed by atoms with Gasteiger partial charge in [0.15, 0.2) is 11.5 Å². The molecule has 4 heteroatoms. The summed E-state index contributed by atoms with van der Waals surface area (Å²) in [6.45, 7) is 3.92. The van der Waals surface area contributed by atoms with Crippen LogP contribution >= 0.6 is 0 Å². The summed E-state index contributed by atoms with van der Waals surface area (Å²) in [5.41, 5.74) is 1.26. The van der Waals surface area contributed by atoms with Gasteiger partial charge in [-0.1, -0.05) is 12.1 Å². The minimum absolute atomic E-state index is 0.341. The van der Waals surface area contributed by atoms with E-state index < -0.39 is 0 Å². The van der Waals surface area contributed by atoms with E-state index in [-0.39, 0.29) is 5.97 Å². The Bertz CT molecular complexity index is 449. The summed E-state index contributed by atoms with van der Waals surface area (Å²) in [4.78, 5) is 11.8. The van der Waals surface area contributed by atoms with Gasteiger partial charge in [0.05, 0.1) is 26.4 Å². The summed E-state index contributed by atoms with van der Waals surface area (Å²) in [7, 11) is 3.13. The SMILES string of the molecule is C/C=C(/C(=O)OCC)c1ccc(OC)c(OC)c1. The molecule has 0 saturated heterocycles. The van der Waals surface area contributed by atoms with Crippen molar-refractivity contribution in [2.45, 2.75) is 13.8 Å². The van der Waals surface area contributed by atoms with E-state index in [9.17, 15) is 4.79 Å². The van der Waals surface area contributed by atoms with Crippen molar-refractivity contribution in [1.29, 1.82) is 0 Å². The Labute approximate surface area is 107 Å². The normalized spacial score (nSPS) is 11.0. The van der Waals surface area contributed by atoms with Gasteiger partial charge in [0, 0.05) is 0 Å². The molecule has 0 N–H and O–H groups in total. The van der Waals surface area contributed by atoms with Crippen molar-refractivity contribution in [3.05, 3.63) is 29.8 Å². The topological polar surface area (TPSA) is 44.8 Å². The van der Waals surface area contributed by atoms with E-state index >= 15 is 0 Å². The minimum Gasteiger partial charge on any atom is -0.493 e. The third-order valence-corrected chi connectivity index (χ3v) is 2.48. The lowest BCUT2D eigenvalue weighted by molar-refractivity contribution is -0.136. The molecule has 0 aliphatic heterocycles. The first-order chi connectivity index (χ1) is 8.67. The van der Waals surface area contributed by atoms with Crippen LogP contribution < -0.4 is 9.47 Å². The molecule has 0 aromatic heterocycles.